The number of nitrogens with one attached hydrogen (secondary N) is 2. The van der Waals surface area contributed by atoms with E-state index in [2.05, 4.69) is 10.0 Å². The molecule has 0 saturated carbocycles. The van der Waals surface area contributed by atoms with Crippen molar-refractivity contribution in [1.29, 1.82) is 0 Å². The Morgan fingerprint density at radius 3 is 2.36 bits per heavy atom. The lowest BCUT2D eigenvalue weighted by Gasteiger charge is -2.26. The van der Waals surface area contributed by atoms with Gasteiger partial charge in [-0.15, -0.1) is 0 Å². The second-order valence-electron chi connectivity index (χ2n) is 7.93. The molecule has 2 N–H and O–H groups in total. The van der Waals surface area contributed by atoms with Gasteiger partial charge in [-0.05, 0) is 57.4 Å². The molecular formula is C25H29N3O4S. The molecule has 3 aromatic carbocycles. The van der Waals surface area contributed by atoms with E-state index >= 15 is 0 Å². The molecule has 0 saturated heterocycles. The molecule has 0 spiro atoms. The Morgan fingerprint density at radius 2 is 1.70 bits per heavy atom. The zero-order valence-corrected chi connectivity index (χ0v) is 20.0. The van der Waals surface area contributed by atoms with Crippen LogP contribution in [0.2, 0.25) is 0 Å². The van der Waals surface area contributed by atoms with Gasteiger partial charge in [-0.3, -0.25) is 9.52 Å². The second-order valence-corrected chi connectivity index (χ2v) is 9.61. The van der Waals surface area contributed by atoms with Crippen LogP contribution in [-0.2, 0) is 10.0 Å². The first-order valence-electron chi connectivity index (χ1n) is 10.5. The van der Waals surface area contributed by atoms with Crippen molar-refractivity contribution >= 4 is 21.6 Å². The summed E-state index contributed by atoms with van der Waals surface area (Å²) in [5, 5.41) is 2.91. The van der Waals surface area contributed by atoms with Crippen molar-refractivity contribution in [3.8, 4) is 5.75 Å². The molecule has 3 aromatic rings. The van der Waals surface area contributed by atoms with Gasteiger partial charge in [0, 0.05) is 23.4 Å². The first-order chi connectivity index (χ1) is 15.7. The first kappa shape index (κ1) is 24.3. The average Bonchev–Trinajstić information content (AvgIpc) is 2.80. The third-order valence-electron chi connectivity index (χ3n) is 5.29. The number of benzene rings is 3. The molecule has 1 unspecified atom stereocenters. The number of ether oxygens (including phenoxy) is 1. The Kier molecular flexibility index (Phi) is 7.73. The van der Waals surface area contributed by atoms with Gasteiger partial charge < -0.3 is 15.0 Å². The minimum absolute atomic E-state index is 0.0182. The predicted octanol–water partition coefficient (Wildman–Crippen LogP) is 3.84. The number of carbonyl (C=O) groups excluding carboxylic acids is 1. The number of carbonyl (C=O) groups is 1. The van der Waals surface area contributed by atoms with Crippen LogP contribution in [0.4, 0.5) is 5.69 Å². The monoisotopic (exact) mass is 467 g/mol. The molecule has 0 fully saturated rings. The molecule has 1 amide bonds. The minimum Gasteiger partial charge on any atom is -0.496 e. The third-order valence-corrected chi connectivity index (χ3v) is 6.67. The predicted molar refractivity (Wildman–Crippen MR) is 130 cm³/mol. The number of hydrogen-bond acceptors (Lipinski definition) is 5. The van der Waals surface area contributed by atoms with E-state index in [1.807, 2.05) is 62.3 Å². The quantitative estimate of drug-likeness (QED) is 0.499. The van der Waals surface area contributed by atoms with E-state index in [9.17, 15) is 13.2 Å². The van der Waals surface area contributed by atoms with Gasteiger partial charge in [-0.25, -0.2) is 8.42 Å². The SMILES string of the molecule is COc1ccccc1C(CNC(=O)c1cccc(S(=O)(=O)Nc2ccc(C)cc2)c1)N(C)C. The topological polar surface area (TPSA) is 87.7 Å². The number of nitrogens with zero attached hydrogens (tertiary/aromatic N) is 1. The average molecular weight is 468 g/mol. The lowest BCUT2D eigenvalue weighted by molar-refractivity contribution is 0.0941. The Morgan fingerprint density at radius 1 is 1.00 bits per heavy atom. The molecule has 7 nitrogen and oxygen atoms in total. The number of sulfonamides is 1. The maximum absolute atomic E-state index is 12.9. The molecule has 0 aliphatic carbocycles. The van der Waals surface area contributed by atoms with Gasteiger partial charge >= 0.3 is 0 Å². The fourth-order valence-corrected chi connectivity index (χ4v) is 4.55. The summed E-state index contributed by atoms with van der Waals surface area (Å²) in [5.41, 5.74) is 2.70. The minimum atomic E-state index is -3.83. The van der Waals surface area contributed by atoms with Crippen LogP contribution in [0.25, 0.3) is 0 Å². The summed E-state index contributed by atoms with van der Waals surface area (Å²) in [6.07, 6.45) is 0. The summed E-state index contributed by atoms with van der Waals surface area (Å²) < 4.78 is 33.6. The number of aryl methyl sites for hydroxylation is 1. The van der Waals surface area contributed by atoms with Crippen LogP contribution >= 0.6 is 0 Å². The summed E-state index contributed by atoms with van der Waals surface area (Å²) >= 11 is 0. The van der Waals surface area contributed by atoms with Gasteiger partial charge in [0.25, 0.3) is 15.9 Å². The van der Waals surface area contributed by atoms with Crippen LogP contribution in [0.3, 0.4) is 0 Å². The van der Waals surface area contributed by atoms with Crippen molar-refractivity contribution in [1.82, 2.24) is 10.2 Å². The van der Waals surface area contributed by atoms with Gasteiger partial charge in [0.1, 0.15) is 5.75 Å². The summed E-state index contributed by atoms with van der Waals surface area (Å²) in [6, 6.07) is 20.6. The maximum atomic E-state index is 12.9. The Hall–Kier alpha value is -3.36. The highest BCUT2D eigenvalue weighted by Crippen LogP contribution is 2.27. The number of anilines is 1. The second kappa shape index (κ2) is 10.5. The number of likely N-dealkylation sites (N-methyl/N-ethyl adjacent to an activating group) is 1. The lowest BCUT2D eigenvalue weighted by Crippen LogP contribution is -2.34. The van der Waals surface area contributed by atoms with Crippen molar-refractivity contribution < 1.29 is 17.9 Å². The summed E-state index contributed by atoms with van der Waals surface area (Å²) in [7, 11) is 1.63. The van der Waals surface area contributed by atoms with Gasteiger partial charge in [-0.2, -0.15) is 0 Å². The number of para-hydroxylation sites is 1. The molecule has 1 atom stereocenters. The fraction of sp³-hybridized carbons (Fsp3) is 0.240. The summed E-state index contributed by atoms with van der Waals surface area (Å²) in [6.45, 7) is 2.25. The highest BCUT2D eigenvalue weighted by atomic mass is 32.2. The molecule has 8 heteroatoms. The molecule has 3 rings (SSSR count). The lowest BCUT2D eigenvalue weighted by atomic mass is 10.0. The van der Waals surface area contributed by atoms with Gasteiger partial charge in [0.15, 0.2) is 0 Å². The van der Waals surface area contributed by atoms with Crippen molar-refractivity contribution in [2.45, 2.75) is 17.9 Å². The van der Waals surface area contributed by atoms with Crippen LogP contribution in [0.5, 0.6) is 5.75 Å². The Bertz CT molecular complexity index is 1210. The van der Waals surface area contributed by atoms with Crippen LogP contribution in [0.1, 0.15) is 27.5 Å². The van der Waals surface area contributed by atoms with Crippen LogP contribution in [0, 0.1) is 6.92 Å². The highest BCUT2D eigenvalue weighted by Gasteiger charge is 2.21. The molecule has 0 aliphatic rings. The van der Waals surface area contributed by atoms with Gasteiger partial charge in [0.05, 0.1) is 18.0 Å². The zero-order chi connectivity index (χ0) is 24.0. The Labute approximate surface area is 195 Å². The van der Waals surface area contributed by atoms with E-state index in [4.69, 9.17) is 4.74 Å². The molecule has 0 aliphatic heterocycles. The molecule has 0 heterocycles. The van der Waals surface area contributed by atoms with Crippen molar-refractivity contribution in [2.75, 3.05) is 32.5 Å². The molecule has 174 valence electrons. The van der Waals surface area contributed by atoms with Crippen LogP contribution < -0.4 is 14.8 Å². The van der Waals surface area contributed by atoms with E-state index in [0.29, 0.717) is 12.2 Å². The number of methoxy groups -OCH3 is 1. The molecule has 33 heavy (non-hydrogen) atoms. The molecule has 0 aromatic heterocycles. The smallest absolute Gasteiger partial charge is 0.261 e. The first-order valence-corrected chi connectivity index (χ1v) is 12.0. The van der Waals surface area contributed by atoms with Gasteiger partial charge in [-0.1, -0.05) is 42.0 Å². The van der Waals surface area contributed by atoms with E-state index in [-0.39, 0.29) is 22.4 Å². The van der Waals surface area contributed by atoms with Crippen LogP contribution in [0.15, 0.2) is 77.7 Å². The normalized spacial score (nSPS) is 12.3. The van der Waals surface area contributed by atoms with Crippen molar-refractivity contribution in [3.05, 3.63) is 89.5 Å². The molecule has 0 bridgehead atoms. The summed E-state index contributed by atoms with van der Waals surface area (Å²) in [4.78, 5) is 14.9. The Balaban J connectivity index is 1.75. The number of amides is 1. The van der Waals surface area contributed by atoms with E-state index in [0.717, 1.165) is 16.9 Å². The fourth-order valence-electron chi connectivity index (χ4n) is 3.44. The third kappa shape index (κ3) is 6.12. The number of rotatable bonds is 9. The van der Waals surface area contributed by atoms with Crippen LogP contribution in [-0.4, -0.2) is 47.0 Å². The van der Waals surface area contributed by atoms with Crippen molar-refractivity contribution in [3.63, 3.8) is 0 Å². The largest absolute Gasteiger partial charge is 0.496 e. The van der Waals surface area contributed by atoms with Gasteiger partial charge in [0.2, 0.25) is 0 Å². The molecular weight excluding hydrogens is 438 g/mol. The van der Waals surface area contributed by atoms with E-state index in [1.165, 1.54) is 12.1 Å². The zero-order valence-electron chi connectivity index (χ0n) is 19.2. The molecule has 0 radical (unpaired) electrons. The van der Waals surface area contributed by atoms with E-state index in [1.54, 1.807) is 31.4 Å². The summed E-state index contributed by atoms with van der Waals surface area (Å²) in [5.74, 6) is 0.379. The standard InChI is InChI=1S/C25H29N3O4S/c1-18-12-14-20(15-13-18)27-33(30,31)21-9-7-8-19(16-21)25(29)26-17-23(28(2)3)22-10-5-6-11-24(22)32-4/h5-16,23,27H,17H2,1-4H3,(H,26,29). The maximum Gasteiger partial charge on any atom is 0.261 e. The van der Waals surface area contributed by atoms with Crippen molar-refractivity contribution in [2.24, 2.45) is 0 Å². The highest BCUT2D eigenvalue weighted by molar-refractivity contribution is 7.92. The van der Waals surface area contributed by atoms with E-state index < -0.39 is 10.0 Å². The number of hydrogen-bond donors (Lipinski definition) is 2.